The predicted octanol–water partition coefficient (Wildman–Crippen LogP) is 6.14. The highest BCUT2D eigenvalue weighted by atomic mass is 19.3. The summed E-state index contributed by atoms with van der Waals surface area (Å²) in [6.07, 6.45) is 0. The number of benzene rings is 4. The molecule has 0 radical (unpaired) electrons. The van der Waals surface area contributed by atoms with E-state index in [0.717, 1.165) is 0 Å². The van der Waals surface area contributed by atoms with Crippen molar-refractivity contribution >= 4 is 11.6 Å². The van der Waals surface area contributed by atoms with Crippen LogP contribution in [0, 0.1) is 0 Å². The second-order valence-electron chi connectivity index (χ2n) is 6.84. The van der Waals surface area contributed by atoms with Crippen LogP contribution in [-0.2, 0) is 0 Å². The van der Waals surface area contributed by atoms with Crippen molar-refractivity contribution in [3.05, 3.63) is 131 Å². The molecule has 0 spiro atoms. The molecule has 0 atom stereocenters. The van der Waals surface area contributed by atoms with Crippen LogP contribution in [0.4, 0.5) is 8.78 Å². The van der Waals surface area contributed by atoms with Crippen LogP contribution < -0.4 is 4.74 Å². The molecule has 0 aliphatic rings. The Morgan fingerprint density at radius 1 is 0.576 bits per heavy atom. The van der Waals surface area contributed by atoms with Gasteiger partial charge in [-0.2, -0.15) is 8.78 Å². The lowest BCUT2D eigenvalue weighted by atomic mass is 10.0. The lowest BCUT2D eigenvalue weighted by Crippen LogP contribution is -2.03. The zero-order valence-corrected chi connectivity index (χ0v) is 17.4. The topological polar surface area (TPSA) is 63.6 Å². The summed E-state index contributed by atoms with van der Waals surface area (Å²) in [6.45, 7) is -2.86. The Kier molecular flexibility index (Phi) is 8.02. The Morgan fingerprint density at radius 2 is 0.939 bits per heavy atom. The van der Waals surface area contributed by atoms with Crippen LogP contribution in [0.25, 0.3) is 0 Å². The lowest BCUT2D eigenvalue weighted by Gasteiger charge is -2.05. The third-order valence-electron chi connectivity index (χ3n) is 4.54. The summed E-state index contributed by atoms with van der Waals surface area (Å²) in [6, 6.07) is 29.7. The van der Waals surface area contributed by atoms with Gasteiger partial charge in [-0.1, -0.05) is 60.7 Å². The molecule has 0 saturated heterocycles. The van der Waals surface area contributed by atoms with E-state index in [1.54, 1.807) is 48.5 Å². The van der Waals surface area contributed by atoms with Crippen LogP contribution in [-0.4, -0.2) is 23.3 Å². The van der Waals surface area contributed by atoms with Gasteiger partial charge in [-0.3, -0.25) is 9.59 Å². The minimum absolute atomic E-state index is 0.0319. The fourth-order valence-electron chi connectivity index (χ4n) is 2.91. The summed E-state index contributed by atoms with van der Waals surface area (Å²) < 4.78 is 28.1. The van der Waals surface area contributed by atoms with Gasteiger partial charge in [0.25, 0.3) is 0 Å². The number of halogens is 2. The molecule has 0 aliphatic heterocycles. The van der Waals surface area contributed by atoms with Gasteiger partial charge >= 0.3 is 6.61 Å². The number of carbonyl (C=O) groups excluding carboxylic acids is 2. The maximum absolute atomic E-state index is 12.0. The van der Waals surface area contributed by atoms with E-state index in [1.807, 2.05) is 24.3 Å². The monoisotopic (exact) mass is 446 g/mol. The summed E-state index contributed by atoms with van der Waals surface area (Å²) in [4.78, 5) is 23.9. The Labute approximate surface area is 189 Å². The number of ether oxygens (including phenoxy) is 1. The molecule has 0 aliphatic carbocycles. The van der Waals surface area contributed by atoms with Gasteiger partial charge < -0.3 is 9.84 Å². The standard InChI is InChI=1S/C14H10F2O2.C13H10O2/c15-14(16)18-12-8-6-11(7-9-12)13(17)10-4-2-1-3-5-10;14-12-8-6-11(7-9-12)13(15)10-4-2-1-3-5-10/h1-9,14H;1-9,14H. The average molecular weight is 446 g/mol. The van der Waals surface area contributed by atoms with E-state index in [2.05, 4.69) is 4.74 Å². The number of hydrogen-bond donors (Lipinski definition) is 1. The molecule has 6 heteroatoms. The fraction of sp³-hybridized carbons (Fsp3) is 0.0370. The average Bonchev–Trinajstić information content (AvgIpc) is 2.85. The normalized spacial score (nSPS) is 10.2. The van der Waals surface area contributed by atoms with Gasteiger partial charge in [-0.15, -0.1) is 0 Å². The molecule has 0 unspecified atom stereocenters. The third-order valence-corrected chi connectivity index (χ3v) is 4.54. The van der Waals surface area contributed by atoms with E-state index in [1.165, 1.54) is 36.4 Å². The first kappa shape index (κ1) is 23.3. The summed E-state index contributed by atoms with van der Waals surface area (Å²) in [7, 11) is 0. The first-order chi connectivity index (χ1) is 15.9. The molecule has 0 heterocycles. The summed E-state index contributed by atoms with van der Waals surface area (Å²) >= 11 is 0. The molecule has 166 valence electrons. The van der Waals surface area contributed by atoms with Crippen molar-refractivity contribution in [3.63, 3.8) is 0 Å². The maximum Gasteiger partial charge on any atom is 0.387 e. The van der Waals surface area contributed by atoms with Crippen molar-refractivity contribution in [2.75, 3.05) is 0 Å². The smallest absolute Gasteiger partial charge is 0.387 e. The summed E-state index contributed by atoms with van der Waals surface area (Å²) in [5.41, 5.74) is 2.23. The molecular formula is C27H20F2O4. The second kappa shape index (κ2) is 11.3. The molecule has 4 nitrogen and oxygen atoms in total. The van der Waals surface area contributed by atoms with Crippen LogP contribution in [0.1, 0.15) is 31.8 Å². The van der Waals surface area contributed by atoms with E-state index in [9.17, 15) is 18.4 Å². The van der Waals surface area contributed by atoms with Crippen LogP contribution in [0.5, 0.6) is 11.5 Å². The molecular weight excluding hydrogens is 426 g/mol. The van der Waals surface area contributed by atoms with Crippen molar-refractivity contribution < 1.29 is 28.2 Å². The highest BCUT2D eigenvalue weighted by molar-refractivity contribution is 6.09. The van der Waals surface area contributed by atoms with Crippen LogP contribution in [0.3, 0.4) is 0 Å². The molecule has 0 fully saturated rings. The SMILES string of the molecule is O=C(c1ccccc1)c1ccc(O)cc1.O=C(c1ccccc1)c1ccc(OC(F)F)cc1. The molecule has 4 rings (SSSR count). The number of aromatic hydroxyl groups is 1. The van der Waals surface area contributed by atoms with E-state index in [-0.39, 0.29) is 23.1 Å². The molecule has 4 aromatic rings. The molecule has 0 bridgehead atoms. The van der Waals surface area contributed by atoms with Crippen LogP contribution in [0.15, 0.2) is 109 Å². The predicted molar refractivity (Wildman–Crippen MR) is 121 cm³/mol. The van der Waals surface area contributed by atoms with Gasteiger partial charge in [0.15, 0.2) is 11.6 Å². The fourth-order valence-corrected chi connectivity index (χ4v) is 2.91. The van der Waals surface area contributed by atoms with Gasteiger partial charge in [0.05, 0.1) is 0 Å². The van der Waals surface area contributed by atoms with Gasteiger partial charge in [0, 0.05) is 22.3 Å². The summed E-state index contributed by atoms with van der Waals surface area (Å²) in [5, 5.41) is 9.10. The first-order valence-corrected chi connectivity index (χ1v) is 9.97. The van der Waals surface area contributed by atoms with Crippen LogP contribution >= 0.6 is 0 Å². The Bertz CT molecular complexity index is 1170. The van der Waals surface area contributed by atoms with E-state index in [0.29, 0.717) is 22.3 Å². The van der Waals surface area contributed by atoms with Crippen molar-refractivity contribution in [1.82, 2.24) is 0 Å². The van der Waals surface area contributed by atoms with Crippen molar-refractivity contribution in [1.29, 1.82) is 0 Å². The number of phenols is 1. The Morgan fingerprint density at radius 3 is 1.33 bits per heavy atom. The summed E-state index contributed by atoms with van der Waals surface area (Å²) in [5.74, 6) is 0.0176. The van der Waals surface area contributed by atoms with E-state index < -0.39 is 6.61 Å². The molecule has 4 aromatic carbocycles. The van der Waals surface area contributed by atoms with Crippen molar-refractivity contribution in [2.45, 2.75) is 6.61 Å². The number of phenolic OH excluding ortho intramolecular Hbond substituents is 1. The maximum atomic E-state index is 12.0. The second-order valence-corrected chi connectivity index (χ2v) is 6.84. The van der Waals surface area contributed by atoms with E-state index in [4.69, 9.17) is 5.11 Å². The highest BCUT2D eigenvalue weighted by Gasteiger charge is 2.10. The van der Waals surface area contributed by atoms with Gasteiger partial charge in [-0.05, 0) is 48.5 Å². The number of alkyl halides is 2. The molecule has 33 heavy (non-hydrogen) atoms. The zero-order valence-electron chi connectivity index (χ0n) is 17.4. The molecule has 0 amide bonds. The van der Waals surface area contributed by atoms with E-state index >= 15 is 0 Å². The molecule has 0 saturated carbocycles. The quantitative estimate of drug-likeness (QED) is 0.361. The van der Waals surface area contributed by atoms with Crippen molar-refractivity contribution in [2.24, 2.45) is 0 Å². The van der Waals surface area contributed by atoms with Gasteiger partial charge in [-0.25, -0.2) is 0 Å². The number of ketones is 2. The number of rotatable bonds is 6. The highest BCUT2D eigenvalue weighted by Crippen LogP contribution is 2.17. The van der Waals surface area contributed by atoms with Gasteiger partial charge in [0.2, 0.25) is 0 Å². The van der Waals surface area contributed by atoms with Gasteiger partial charge in [0.1, 0.15) is 11.5 Å². The largest absolute Gasteiger partial charge is 0.508 e. The molecule has 0 aromatic heterocycles. The number of carbonyl (C=O) groups is 2. The van der Waals surface area contributed by atoms with Crippen molar-refractivity contribution in [3.8, 4) is 11.5 Å². The zero-order chi connectivity index (χ0) is 23.6. The minimum Gasteiger partial charge on any atom is -0.508 e. The Balaban J connectivity index is 0.000000189. The van der Waals surface area contributed by atoms with Crippen LogP contribution in [0.2, 0.25) is 0 Å². The lowest BCUT2D eigenvalue weighted by molar-refractivity contribution is -0.0498. The molecule has 1 N–H and O–H groups in total. The third kappa shape index (κ3) is 6.83. The minimum atomic E-state index is -2.86. The number of hydrogen-bond acceptors (Lipinski definition) is 4. The Hall–Kier alpha value is -4.32. The first-order valence-electron chi connectivity index (χ1n) is 9.97.